The lowest BCUT2D eigenvalue weighted by Gasteiger charge is -2.35. The fourth-order valence-electron chi connectivity index (χ4n) is 4.40. The van der Waals surface area contributed by atoms with Crippen molar-refractivity contribution in [2.24, 2.45) is 0 Å². The molecule has 2 N–H and O–H groups in total. The van der Waals surface area contributed by atoms with Crippen molar-refractivity contribution in [1.82, 2.24) is 19.7 Å². The Labute approximate surface area is 168 Å². The molecule has 0 atom stereocenters. The first kappa shape index (κ1) is 17.5. The summed E-state index contributed by atoms with van der Waals surface area (Å²) in [6.45, 7) is 7.88. The molecule has 5 rings (SSSR count). The van der Waals surface area contributed by atoms with E-state index >= 15 is 4.39 Å². The lowest BCUT2D eigenvalue weighted by molar-refractivity contribution is 0.532. The first-order valence-corrected chi connectivity index (χ1v) is 9.44. The molecule has 0 saturated heterocycles. The van der Waals surface area contributed by atoms with Crippen LogP contribution in [-0.2, 0) is 5.54 Å². The van der Waals surface area contributed by atoms with Gasteiger partial charge in [-0.15, -0.1) is 16.6 Å². The molecule has 0 unspecified atom stereocenters. The van der Waals surface area contributed by atoms with Crippen molar-refractivity contribution in [3.63, 3.8) is 0 Å². The van der Waals surface area contributed by atoms with E-state index in [1.54, 1.807) is 6.07 Å². The molecule has 0 amide bonds. The zero-order chi connectivity index (χ0) is 20.5. The summed E-state index contributed by atoms with van der Waals surface area (Å²) in [4.78, 5) is 3.18. The number of nitrogens with one attached hydrogen (secondary N) is 2. The molecule has 2 aromatic heterocycles. The summed E-state index contributed by atoms with van der Waals surface area (Å²) >= 11 is 0. The molecule has 5 nitrogen and oxygen atoms in total. The summed E-state index contributed by atoms with van der Waals surface area (Å²) in [5.74, 6) is 3.97. The molecule has 0 aliphatic carbocycles. The molecule has 29 heavy (non-hydrogen) atoms. The molecule has 1 aliphatic heterocycles. The Morgan fingerprint density at radius 2 is 1.97 bits per heavy atom. The first-order chi connectivity index (χ1) is 13.8. The lowest BCUT2D eigenvalue weighted by atomic mass is 9.91. The molecule has 0 radical (unpaired) electrons. The van der Waals surface area contributed by atoms with Crippen molar-refractivity contribution in [3.8, 4) is 29.2 Å². The second-order valence-corrected chi connectivity index (χ2v) is 7.98. The normalized spacial score (nSPS) is 14.2. The van der Waals surface area contributed by atoms with Crippen LogP contribution in [0.25, 0.3) is 27.7 Å². The molecule has 1 aliphatic rings. The van der Waals surface area contributed by atoms with E-state index in [2.05, 4.69) is 26.4 Å². The number of terminal acetylenes is 1. The van der Waals surface area contributed by atoms with E-state index in [1.807, 2.05) is 56.7 Å². The minimum Gasteiger partial charge on any atom is -0.371 e. The Morgan fingerprint density at radius 3 is 2.72 bits per heavy atom. The van der Waals surface area contributed by atoms with Crippen molar-refractivity contribution in [1.29, 1.82) is 0 Å². The summed E-state index contributed by atoms with van der Waals surface area (Å²) < 4.78 is 17.5. The predicted octanol–water partition coefficient (Wildman–Crippen LogP) is 4.81. The number of hydrogen-bond donors (Lipinski definition) is 2. The van der Waals surface area contributed by atoms with E-state index in [0.717, 1.165) is 50.6 Å². The number of halogens is 1. The summed E-state index contributed by atoms with van der Waals surface area (Å²) in [7, 11) is 0. The number of hydrogen-bond acceptors (Lipinski definition) is 3. The number of rotatable bonds is 1. The van der Waals surface area contributed by atoms with Gasteiger partial charge in [-0.2, -0.15) is 0 Å². The Bertz CT molecular complexity index is 1350. The third-order valence-corrected chi connectivity index (χ3v) is 5.70. The number of anilines is 1. The molecular weight excluding hydrogens is 365 g/mol. The highest BCUT2D eigenvalue weighted by Gasteiger charge is 2.36. The van der Waals surface area contributed by atoms with Crippen LogP contribution < -0.4 is 5.32 Å². The van der Waals surface area contributed by atoms with Gasteiger partial charge in [-0.3, -0.25) is 4.57 Å². The summed E-state index contributed by atoms with van der Waals surface area (Å²) in [5.41, 5.74) is 4.91. The quantitative estimate of drug-likeness (QED) is 0.462. The third kappa shape index (κ3) is 2.27. The van der Waals surface area contributed by atoms with Gasteiger partial charge in [0.1, 0.15) is 11.6 Å². The van der Waals surface area contributed by atoms with E-state index < -0.39 is 5.54 Å². The van der Waals surface area contributed by atoms with E-state index in [9.17, 15) is 0 Å². The number of aromatic amines is 1. The van der Waals surface area contributed by atoms with E-state index in [4.69, 9.17) is 6.42 Å². The van der Waals surface area contributed by atoms with Crippen LogP contribution in [0.1, 0.15) is 36.6 Å². The van der Waals surface area contributed by atoms with Crippen LogP contribution in [0.4, 0.5) is 10.1 Å². The Kier molecular flexibility index (Phi) is 3.45. The van der Waals surface area contributed by atoms with Crippen LogP contribution in [0.15, 0.2) is 30.5 Å². The largest absolute Gasteiger partial charge is 0.371 e. The summed E-state index contributed by atoms with van der Waals surface area (Å²) in [6.07, 6.45) is 7.45. The molecule has 3 heterocycles. The van der Waals surface area contributed by atoms with Gasteiger partial charge in [0.2, 0.25) is 0 Å². The standard InChI is InChI=1S/C23H20FN5/c1-6-14-7-8-15(16-9-10-25-20(14)16)19-12(2)21-18(11-17(19)24)26-23(4,5)22-28-27-13(3)29(21)22/h1,7-11,25-26H,2-5H3. The highest BCUT2D eigenvalue weighted by Crippen LogP contribution is 2.44. The predicted molar refractivity (Wildman–Crippen MR) is 113 cm³/mol. The topological polar surface area (TPSA) is 58.5 Å². The van der Waals surface area contributed by atoms with Gasteiger partial charge in [0, 0.05) is 22.7 Å². The number of aryl methyl sites for hydroxylation is 1. The van der Waals surface area contributed by atoms with Crippen LogP contribution in [-0.4, -0.2) is 19.7 Å². The third-order valence-electron chi connectivity index (χ3n) is 5.70. The molecule has 144 valence electrons. The van der Waals surface area contributed by atoms with Crippen molar-refractivity contribution in [3.05, 3.63) is 59.1 Å². The second kappa shape index (κ2) is 5.71. The average molecular weight is 385 g/mol. The summed E-state index contributed by atoms with van der Waals surface area (Å²) in [5, 5.41) is 13.0. The number of benzene rings is 2. The van der Waals surface area contributed by atoms with Crippen LogP contribution >= 0.6 is 0 Å². The van der Waals surface area contributed by atoms with Gasteiger partial charge in [0.25, 0.3) is 0 Å². The smallest absolute Gasteiger partial charge is 0.162 e. The van der Waals surface area contributed by atoms with Gasteiger partial charge >= 0.3 is 0 Å². The molecule has 0 fully saturated rings. The van der Waals surface area contributed by atoms with Crippen LogP contribution in [0.5, 0.6) is 0 Å². The van der Waals surface area contributed by atoms with Crippen LogP contribution in [0.2, 0.25) is 0 Å². The van der Waals surface area contributed by atoms with Crippen molar-refractivity contribution in [2.75, 3.05) is 5.32 Å². The Morgan fingerprint density at radius 1 is 1.17 bits per heavy atom. The molecule has 0 saturated carbocycles. The zero-order valence-electron chi connectivity index (χ0n) is 16.7. The van der Waals surface area contributed by atoms with Gasteiger partial charge in [0.15, 0.2) is 5.82 Å². The van der Waals surface area contributed by atoms with Gasteiger partial charge < -0.3 is 10.3 Å². The second-order valence-electron chi connectivity index (χ2n) is 7.98. The zero-order valence-corrected chi connectivity index (χ0v) is 16.7. The Hall–Kier alpha value is -3.59. The first-order valence-electron chi connectivity index (χ1n) is 9.44. The number of fused-ring (bicyclic) bond motifs is 4. The maximum Gasteiger partial charge on any atom is 0.162 e. The van der Waals surface area contributed by atoms with E-state index in [1.165, 1.54) is 0 Å². The van der Waals surface area contributed by atoms with Gasteiger partial charge in [-0.05, 0) is 57.0 Å². The maximum atomic E-state index is 15.5. The van der Waals surface area contributed by atoms with Crippen LogP contribution in [0, 0.1) is 32.0 Å². The minimum absolute atomic E-state index is 0.283. The monoisotopic (exact) mass is 385 g/mol. The molecule has 4 aromatic rings. The molecular formula is C23H20FN5. The molecule has 0 spiro atoms. The van der Waals surface area contributed by atoms with Gasteiger partial charge in [-0.1, -0.05) is 12.0 Å². The Balaban J connectivity index is 1.85. The number of aromatic nitrogens is 4. The minimum atomic E-state index is -0.461. The SMILES string of the molecule is C#Cc1ccc(-c2c(F)cc3c(c2C)-n2c(C)nnc2C(C)(C)N3)c2cc[nH]c12. The van der Waals surface area contributed by atoms with Crippen molar-refractivity contribution in [2.45, 2.75) is 33.2 Å². The molecule has 2 aromatic carbocycles. The average Bonchev–Trinajstić information content (AvgIpc) is 3.29. The molecule has 0 bridgehead atoms. The highest BCUT2D eigenvalue weighted by atomic mass is 19.1. The van der Waals surface area contributed by atoms with Gasteiger partial charge in [-0.25, -0.2) is 4.39 Å². The highest BCUT2D eigenvalue weighted by molar-refractivity contribution is 6.00. The van der Waals surface area contributed by atoms with Crippen molar-refractivity contribution >= 4 is 16.6 Å². The molecule has 6 heteroatoms. The van der Waals surface area contributed by atoms with Gasteiger partial charge in [0.05, 0.1) is 22.4 Å². The van der Waals surface area contributed by atoms with E-state index in [0.29, 0.717) is 5.56 Å². The van der Waals surface area contributed by atoms with Crippen molar-refractivity contribution < 1.29 is 4.39 Å². The fraction of sp³-hybridized carbons (Fsp3) is 0.217. The summed E-state index contributed by atoms with van der Waals surface area (Å²) in [6, 6.07) is 7.24. The lowest BCUT2D eigenvalue weighted by Crippen LogP contribution is -2.36. The maximum absolute atomic E-state index is 15.5. The number of nitrogens with zero attached hydrogens (tertiary/aromatic N) is 3. The fourth-order valence-corrected chi connectivity index (χ4v) is 4.40. The van der Waals surface area contributed by atoms with E-state index in [-0.39, 0.29) is 5.82 Å². The number of H-pyrrole nitrogens is 1. The van der Waals surface area contributed by atoms with Crippen LogP contribution in [0.3, 0.4) is 0 Å².